The molecule has 0 aliphatic heterocycles. The Morgan fingerprint density at radius 2 is 1.89 bits per heavy atom. The molecule has 1 aliphatic rings. The molecule has 1 aromatic carbocycles. The number of hydrogen-bond donors (Lipinski definition) is 1. The second-order valence-corrected chi connectivity index (χ2v) is 4.71. The van der Waals surface area contributed by atoms with Crippen LogP contribution in [0.3, 0.4) is 0 Å². The maximum Gasteiger partial charge on any atom is 0.418 e. The van der Waals surface area contributed by atoms with E-state index in [9.17, 15) is 13.2 Å². The minimum atomic E-state index is -4.43. The van der Waals surface area contributed by atoms with Crippen molar-refractivity contribution in [2.24, 2.45) is 5.92 Å². The van der Waals surface area contributed by atoms with E-state index < -0.39 is 11.7 Å². The quantitative estimate of drug-likeness (QED) is 0.837. The van der Waals surface area contributed by atoms with Crippen LogP contribution in [0.15, 0.2) is 18.2 Å². The van der Waals surface area contributed by atoms with Gasteiger partial charge >= 0.3 is 6.18 Å². The van der Waals surface area contributed by atoms with Gasteiger partial charge in [-0.3, -0.25) is 0 Å². The van der Waals surface area contributed by atoms with Crippen molar-refractivity contribution in [3.63, 3.8) is 0 Å². The zero-order valence-electron chi connectivity index (χ0n) is 9.96. The first-order valence-electron chi connectivity index (χ1n) is 6.06. The molecule has 18 heavy (non-hydrogen) atoms. The van der Waals surface area contributed by atoms with Crippen molar-refractivity contribution in [1.29, 1.82) is 0 Å². The number of alkyl halides is 3. The van der Waals surface area contributed by atoms with Crippen LogP contribution in [0.5, 0.6) is 5.75 Å². The molecule has 0 spiro atoms. The monoisotopic (exact) mass is 259 g/mol. The van der Waals surface area contributed by atoms with E-state index in [0.29, 0.717) is 12.5 Å². The molecule has 1 aromatic rings. The van der Waals surface area contributed by atoms with Crippen LogP contribution in [0.4, 0.5) is 18.9 Å². The molecule has 1 saturated carbocycles. The highest BCUT2D eigenvalue weighted by atomic mass is 19.4. The predicted octanol–water partition coefficient (Wildman–Crippen LogP) is 3.86. The molecule has 0 bridgehead atoms. The molecule has 0 saturated heterocycles. The van der Waals surface area contributed by atoms with Crippen LogP contribution in [0.25, 0.3) is 0 Å². The van der Waals surface area contributed by atoms with Crippen LogP contribution in [-0.4, -0.2) is 6.61 Å². The summed E-state index contributed by atoms with van der Waals surface area (Å²) in [5.41, 5.74) is 4.22. The summed E-state index contributed by atoms with van der Waals surface area (Å²) in [7, 11) is 0. The molecule has 1 aliphatic carbocycles. The van der Waals surface area contributed by atoms with Gasteiger partial charge < -0.3 is 10.5 Å². The predicted molar refractivity (Wildman–Crippen MR) is 63.3 cm³/mol. The van der Waals surface area contributed by atoms with Crippen molar-refractivity contribution in [3.05, 3.63) is 23.8 Å². The summed E-state index contributed by atoms with van der Waals surface area (Å²) < 4.78 is 43.3. The number of rotatable bonds is 3. The zero-order valence-corrected chi connectivity index (χ0v) is 9.96. The van der Waals surface area contributed by atoms with E-state index in [1.807, 2.05) is 0 Å². The second-order valence-electron chi connectivity index (χ2n) is 4.71. The van der Waals surface area contributed by atoms with E-state index in [-0.39, 0.29) is 11.4 Å². The van der Waals surface area contributed by atoms with Crippen LogP contribution in [-0.2, 0) is 6.18 Å². The molecule has 0 radical (unpaired) electrons. The molecule has 1 fully saturated rings. The van der Waals surface area contributed by atoms with Gasteiger partial charge in [-0.2, -0.15) is 13.2 Å². The third-order valence-electron chi connectivity index (χ3n) is 3.29. The SMILES string of the molecule is Nc1ccc(OCC2CCCC2)cc1C(F)(F)F. The maximum atomic E-state index is 12.6. The molecule has 2 nitrogen and oxygen atoms in total. The molecule has 5 heteroatoms. The Labute approximate surface area is 104 Å². The van der Waals surface area contributed by atoms with Crippen LogP contribution in [0, 0.1) is 5.92 Å². The van der Waals surface area contributed by atoms with Crippen molar-refractivity contribution >= 4 is 5.69 Å². The molecule has 0 unspecified atom stereocenters. The van der Waals surface area contributed by atoms with Gasteiger partial charge in [0.05, 0.1) is 12.2 Å². The van der Waals surface area contributed by atoms with Crippen LogP contribution in [0.1, 0.15) is 31.2 Å². The Balaban J connectivity index is 2.04. The lowest BCUT2D eigenvalue weighted by Gasteiger charge is -2.14. The van der Waals surface area contributed by atoms with E-state index in [2.05, 4.69) is 0 Å². The first kappa shape index (κ1) is 13.1. The Morgan fingerprint density at radius 1 is 1.22 bits per heavy atom. The lowest BCUT2D eigenvalue weighted by molar-refractivity contribution is -0.137. The third-order valence-corrected chi connectivity index (χ3v) is 3.29. The summed E-state index contributed by atoms with van der Waals surface area (Å²) in [6, 6.07) is 3.70. The molecule has 100 valence electrons. The summed E-state index contributed by atoms with van der Waals surface area (Å²) >= 11 is 0. The third kappa shape index (κ3) is 3.09. The number of ether oxygens (including phenoxy) is 1. The largest absolute Gasteiger partial charge is 0.493 e. The Bertz CT molecular complexity index is 411. The van der Waals surface area contributed by atoms with Crippen LogP contribution in [0.2, 0.25) is 0 Å². The van der Waals surface area contributed by atoms with E-state index in [1.54, 1.807) is 0 Å². The van der Waals surface area contributed by atoms with E-state index in [1.165, 1.54) is 25.0 Å². The highest BCUT2D eigenvalue weighted by molar-refractivity contribution is 5.51. The molecule has 0 atom stereocenters. The van der Waals surface area contributed by atoms with Crippen LogP contribution < -0.4 is 10.5 Å². The normalized spacial score (nSPS) is 17.1. The number of halogens is 3. The molecule has 0 amide bonds. The maximum absolute atomic E-state index is 12.6. The smallest absolute Gasteiger partial charge is 0.418 e. The molecule has 0 aromatic heterocycles. The minimum absolute atomic E-state index is 0.239. The summed E-state index contributed by atoms with van der Waals surface area (Å²) in [5.74, 6) is 0.709. The van der Waals surface area contributed by atoms with Crippen molar-refractivity contribution in [3.8, 4) is 5.75 Å². The first-order valence-corrected chi connectivity index (χ1v) is 6.06. The first-order chi connectivity index (χ1) is 8.47. The fourth-order valence-corrected chi connectivity index (χ4v) is 2.26. The van der Waals surface area contributed by atoms with Crippen LogP contribution >= 0.6 is 0 Å². The van der Waals surface area contributed by atoms with Crippen molar-refractivity contribution in [2.45, 2.75) is 31.9 Å². The van der Waals surface area contributed by atoms with Crippen molar-refractivity contribution in [1.82, 2.24) is 0 Å². The number of anilines is 1. The molecule has 2 N–H and O–H groups in total. The van der Waals surface area contributed by atoms with Gasteiger partial charge in [0, 0.05) is 5.69 Å². The van der Waals surface area contributed by atoms with E-state index in [0.717, 1.165) is 18.9 Å². The lowest BCUT2D eigenvalue weighted by atomic mass is 10.1. The molecular weight excluding hydrogens is 243 g/mol. The van der Waals surface area contributed by atoms with Gasteiger partial charge in [-0.05, 0) is 37.0 Å². The zero-order chi connectivity index (χ0) is 13.2. The number of benzene rings is 1. The van der Waals surface area contributed by atoms with E-state index >= 15 is 0 Å². The molecular formula is C13H16F3NO. The summed E-state index contributed by atoms with van der Waals surface area (Å²) in [5, 5.41) is 0. The summed E-state index contributed by atoms with van der Waals surface area (Å²) in [6.45, 7) is 0.487. The second kappa shape index (κ2) is 5.08. The standard InChI is InChI=1S/C13H16F3NO/c14-13(15,16)11-7-10(5-6-12(11)17)18-8-9-3-1-2-4-9/h5-7,9H,1-4,8,17H2. The van der Waals surface area contributed by atoms with Gasteiger partial charge in [-0.25, -0.2) is 0 Å². The summed E-state index contributed by atoms with van der Waals surface area (Å²) in [6.07, 6.45) is 0.131. The number of nitrogens with two attached hydrogens (primary N) is 1. The Morgan fingerprint density at radius 3 is 2.50 bits per heavy atom. The topological polar surface area (TPSA) is 35.2 Å². The van der Waals surface area contributed by atoms with Gasteiger partial charge in [0.15, 0.2) is 0 Å². The fraction of sp³-hybridized carbons (Fsp3) is 0.538. The van der Waals surface area contributed by atoms with Crippen molar-refractivity contribution in [2.75, 3.05) is 12.3 Å². The molecule has 0 heterocycles. The fourth-order valence-electron chi connectivity index (χ4n) is 2.26. The average Bonchev–Trinajstić information content (AvgIpc) is 2.79. The lowest BCUT2D eigenvalue weighted by Crippen LogP contribution is -2.11. The highest BCUT2D eigenvalue weighted by Crippen LogP contribution is 2.36. The Kier molecular flexibility index (Phi) is 3.68. The van der Waals surface area contributed by atoms with Gasteiger partial charge in [-0.15, -0.1) is 0 Å². The average molecular weight is 259 g/mol. The Hall–Kier alpha value is -1.39. The van der Waals surface area contributed by atoms with Gasteiger partial charge in [0.25, 0.3) is 0 Å². The number of hydrogen-bond acceptors (Lipinski definition) is 2. The van der Waals surface area contributed by atoms with Gasteiger partial charge in [-0.1, -0.05) is 12.8 Å². The minimum Gasteiger partial charge on any atom is -0.493 e. The van der Waals surface area contributed by atoms with Gasteiger partial charge in [0.2, 0.25) is 0 Å². The van der Waals surface area contributed by atoms with Crippen molar-refractivity contribution < 1.29 is 17.9 Å². The van der Waals surface area contributed by atoms with Gasteiger partial charge in [0.1, 0.15) is 5.75 Å². The number of nitrogen functional groups attached to an aromatic ring is 1. The highest BCUT2D eigenvalue weighted by Gasteiger charge is 2.33. The summed E-state index contributed by atoms with van der Waals surface area (Å²) in [4.78, 5) is 0. The van der Waals surface area contributed by atoms with E-state index in [4.69, 9.17) is 10.5 Å². The molecule has 2 rings (SSSR count).